The average Bonchev–Trinajstić information content (AvgIpc) is 2.66. The number of alkyl halides is 1. The fourth-order valence-electron chi connectivity index (χ4n) is 2.09. The van der Waals surface area contributed by atoms with Crippen LogP contribution in [-0.4, -0.2) is 29.0 Å². The first kappa shape index (κ1) is 12.9. The third kappa shape index (κ3) is 2.63. The van der Waals surface area contributed by atoms with Gasteiger partial charge >= 0.3 is 6.03 Å². The molecule has 0 saturated heterocycles. The zero-order valence-electron chi connectivity index (χ0n) is 9.52. The Morgan fingerprint density at radius 2 is 2.11 bits per heavy atom. The van der Waals surface area contributed by atoms with Crippen molar-refractivity contribution in [1.82, 2.24) is 10.6 Å². The molecule has 3 amide bonds. The van der Waals surface area contributed by atoms with Gasteiger partial charge in [0, 0.05) is 6.42 Å². The van der Waals surface area contributed by atoms with Crippen molar-refractivity contribution in [2.75, 3.05) is 5.88 Å². The number of urea groups is 1. The highest BCUT2D eigenvalue weighted by molar-refractivity contribution is 6.28. The van der Waals surface area contributed by atoms with E-state index in [1.54, 1.807) is 0 Å². The quantitative estimate of drug-likeness (QED) is 0.691. The van der Waals surface area contributed by atoms with Crippen LogP contribution < -0.4 is 10.6 Å². The van der Waals surface area contributed by atoms with Gasteiger partial charge in [0.05, 0.1) is 12.1 Å². The molecule has 0 unspecified atom stereocenters. The summed E-state index contributed by atoms with van der Waals surface area (Å²) in [6.07, 6.45) is -0.191. The molecule has 6 heteroatoms. The average molecular weight is 269 g/mol. The highest BCUT2D eigenvalue weighted by atomic mass is 35.5. The molecule has 0 saturated carbocycles. The summed E-state index contributed by atoms with van der Waals surface area (Å²) in [7, 11) is 0. The molecule has 1 aliphatic rings. The van der Waals surface area contributed by atoms with E-state index in [0.717, 1.165) is 11.1 Å². The molecule has 3 N–H and O–H groups in total. The minimum atomic E-state index is -0.681. The first-order valence-electron chi connectivity index (χ1n) is 5.54. The van der Waals surface area contributed by atoms with Crippen LogP contribution in [0.15, 0.2) is 24.3 Å². The minimum Gasteiger partial charge on any atom is -0.390 e. The molecule has 0 aromatic heterocycles. The number of rotatable bonds is 2. The van der Waals surface area contributed by atoms with Gasteiger partial charge in [-0.15, -0.1) is 11.6 Å². The van der Waals surface area contributed by atoms with E-state index >= 15 is 0 Å². The predicted molar refractivity (Wildman–Crippen MR) is 66.3 cm³/mol. The van der Waals surface area contributed by atoms with Crippen molar-refractivity contribution in [3.63, 3.8) is 0 Å². The van der Waals surface area contributed by atoms with Crippen LogP contribution >= 0.6 is 11.6 Å². The molecule has 0 spiro atoms. The number of amides is 3. The molecule has 0 aliphatic heterocycles. The fourth-order valence-corrected chi connectivity index (χ4v) is 2.15. The van der Waals surface area contributed by atoms with Crippen LogP contribution in [0.3, 0.4) is 0 Å². The van der Waals surface area contributed by atoms with Gasteiger partial charge in [-0.05, 0) is 11.1 Å². The fraction of sp³-hybridized carbons (Fsp3) is 0.333. The maximum atomic E-state index is 11.5. The Balaban J connectivity index is 2.06. The minimum absolute atomic E-state index is 0.281. The van der Waals surface area contributed by atoms with E-state index in [1.807, 2.05) is 24.3 Å². The number of hydrogen-bond acceptors (Lipinski definition) is 3. The summed E-state index contributed by atoms with van der Waals surface area (Å²) in [6.45, 7) is 0. The number of imide groups is 1. The molecule has 96 valence electrons. The zero-order chi connectivity index (χ0) is 13.1. The Labute approximate surface area is 109 Å². The molecule has 2 atom stereocenters. The Morgan fingerprint density at radius 1 is 1.39 bits per heavy atom. The lowest BCUT2D eigenvalue weighted by molar-refractivity contribution is -0.117. The van der Waals surface area contributed by atoms with Crippen molar-refractivity contribution < 1.29 is 14.7 Å². The third-order valence-electron chi connectivity index (χ3n) is 2.86. The summed E-state index contributed by atoms with van der Waals surface area (Å²) in [5.74, 6) is -0.855. The first-order chi connectivity index (χ1) is 8.61. The van der Waals surface area contributed by atoms with Crippen LogP contribution in [0.1, 0.15) is 17.2 Å². The van der Waals surface area contributed by atoms with Crippen LogP contribution in [0.2, 0.25) is 0 Å². The van der Waals surface area contributed by atoms with E-state index in [-0.39, 0.29) is 5.88 Å². The predicted octanol–water partition coefficient (Wildman–Crippen LogP) is 0.709. The Hall–Kier alpha value is -1.59. The Bertz CT molecular complexity index is 478. The van der Waals surface area contributed by atoms with Crippen molar-refractivity contribution in [3.8, 4) is 0 Å². The molecule has 1 aromatic rings. The maximum absolute atomic E-state index is 11.5. The summed E-state index contributed by atoms with van der Waals surface area (Å²) in [6, 6.07) is 6.33. The molecule has 1 aliphatic carbocycles. The molecule has 5 nitrogen and oxygen atoms in total. The monoisotopic (exact) mass is 268 g/mol. The number of aliphatic hydroxyl groups is 1. The molecule has 18 heavy (non-hydrogen) atoms. The highest BCUT2D eigenvalue weighted by Gasteiger charge is 2.31. The third-order valence-corrected chi connectivity index (χ3v) is 3.11. The second kappa shape index (κ2) is 5.37. The molecular weight excluding hydrogens is 256 g/mol. The molecule has 0 bridgehead atoms. The van der Waals surface area contributed by atoms with Gasteiger partial charge < -0.3 is 10.4 Å². The number of carbonyl (C=O) groups is 2. The van der Waals surface area contributed by atoms with Crippen LogP contribution in [0.4, 0.5) is 4.79 Å². The van der Waals surface area contributed by atoms with Crippen LogP contribution in [-0.2, 0) is 11.2 Å². The number of fused-ring (bicyclic) bond motifs is 1. The normalized spacial score (nSPS) is 21.2. The molecule has 2 rings (SSSR count). The SMILES string of the molecule is O=C(CCl)NC(=O)N[C@H]1c2ccccc2C[C@H]1O. The summed E-state index contributed by atoms with van der Waals surface area (Å²) in [4.78, 5) is 22.5. The van der Waals surface area contributed by atoms with Crippen molar-refractivity contribution in [2.24, 2.45) is 0 Å². The number of benzene rings is 1. The van der Waals surface area contributed by atoms with Crippen LogP contribution in [0.25, 0.3) is 0 Å². The van der Waals surface area contributed by atoms with E-state index in [2.05, 4.69) is 10.6 Å². The standard InChI is InChI=1S/C12H13ClN2O3/c13-6-10(17)14-12(18)15-11-8-4-2-1-3-7(8)5-9(11)16/h1-4,9,11,16H,5-6H2,(H2,14,15,17,18)/t9-,11+/m1/s1. The summed E-state index contributed by atoms with van der Waals surface area (Å²) in [5, 5.41) is 14.5. The second-order valence-electron chi connectivity index (χ2n) is 4.10. The van der Waals surface area contributed by atoms with E-state index in [9.17, 15) is 14.7 Å². The lowest BCUT2D eigenvalue weighted by Crippen LogP contribution is -2.43. The first-order valence-corrected chi connectivity index (χ1v) is 6.07. The van der Waals surface area contributed by atoms with Gasteiger partial charge in [0.2, 0.25) is 5.91 Å². The van der Waals surface area contributed by atoms with Crippen molar-refractivity contribution in [1.29, 1.82) is 0 Å². The summed E-state index contributed by atoms with van der Waals surface area (Å²) >= 11 is 5.28. The van der Waals surface area contributed by atoms with E-state index in [4.69, 9.17) is 11.6 Å². The number of hydrogen-bond donors (Lipinski definition) is 3. The van der Waals surface area contributed by atoms with Crippen LogP contribution in [0, 0.1) is 0 Å². The van der Waals surface area contributed by atoms with Crippen molar-refractivity contribution in [2.45, 2.75) is 18.6 Å². The number of carbonyl (C=O) groups excluding carboxylic acids is 2. The number of nitrogens with one attached hydrogen (secondary N) is 2. The highest BCUT2D eigenvalue weighted by Crippen LogP contribution is 2.30. The van der Waals surface area contributed by atoms with Crippen molar-refractivity contribution in [3.05, 3.63) is 35.4 Å². The molecule has 0 heterocycles. The van der Waals surface area contributed by atoms with E-state index in [1.165, 1.54) is 0 Å². The summed E-state index contributed by atoms with van der Waals surface area (Å²) in [5.41, 5.74) is 1.87. The van der Waals surface area contributed by atoms with E-state index < -0.39 is 24.1 Å². The molecule has 0 radical (unpaired) electrons. The Morgan fingerprint density at radius 3 is 2.83 bits per heavy atom. The van der Waals surface area contributed by atoms with Gasteiger partial charge in [-0.25, -0.2) is 4.79 Å². The summed E-state index contributed by atoms with van der Waals surface area (Å²) < 4.78 is 0. The molecular formula is C12H13ClN2O3. The smallest absolute Gasteiger partial charge is 0.322 e. The van der Waals surface area contributed by atoms with Gasteiger partial charge in [0.25, 0.3) is 0 Å². The number of halogens is 1. The van der Waals surface area contributed by atoms with Gasteiger partial charge in [-0.3, -0.25) is 10.1 Å². The largest absolute Gasteiger partial charge is 0.390 e. The molecule has 0 fully saturated rings. The number of aliphatic hydroxyl groups excluding tert-OH is 1. The van der Waals surface area contributed by atoms with E-state index in [0.29, 0.717) is 6.42 Å². The van der Waals surface area contributed by atoms with Gasteiger partial charge in [0.15, 0.2) is 0 Å². The lowest BCUT2D eigenvalue weighted by Gasteiger charge is -2.17. The topological polar surface area (TPSA) is 78.4 Å². The second-order valence-corrected chi connectivity index (χ2v) is 4.37. The lowest BCUT2D eigenvalue weighted by atomic mass is 10.1. The van der Waals surface area contributed by atoms with Crippen molar-refractivity contribution >= 4 is 23.5 Å². The zero-order valence-corrected chi connectivity index (χ0v) is 10.3. The molecule has 1 aromatic carbocycles. The van der Waals surface area contributed by atoms with Gasteiger partial charge in [0.1, 0.15) is 5.88 Å². The Kier molecular flexibility index (Phi) is 3.84. The maximum Gasteiger partial charge on any atom is 0.322 e. The van der Waals surface area contributed by atoms with Crippen LogP contribution in [0.5, 0.6) is 0 Å². The van der Waals surface area contributed by atoms with Gasteiger partial charge in [-0.1, -0.05) is 24.3 Å². The van der Waals surface area contributed by atoms with Gasteiger partial charge in [-0.2, -0.15) is 0 Å².